The lowest BCUT2D eigenvalue weighted by Crippen LogP contribution is -2.39. The Bertz CT molecular complexity index is 2640. The Morgan fingerprint density at radius 3 is 2.57 bits per heavy atom. The minimum absolute atomic E-state index is 0.0610. The number of carbonyl (C=O) groups is 2. The van der Waals surface area contributed by atoms with Crippen LogP contribution in [0.25, 0.3) is 10.3 Å². The molecule has 2 N–H and O–H groups in total. The van der Waals surface area contributed by atoms with Crippen molar-refractivity contribution in [3.05, 3.63) is 136 Å². The third kappa shape index (κ3) is 10.2. The predicted molar refractivity (Wildman–Crippen MR) is 237 cm³/mol. The van der Waals surface area contributed by atoms with Gasteiger partial charge < -0.3 is 15.0 Å². The number of carbonyl (C=O) groups excluding carboxylic acids is 2. The zero-order valence-electron chi connectivity index (χ0n) is 32.9. The molecule has 1 amide bonds. The number of hydrogen-bond donors (Lipinski definition) is 2. The highest BCUT2D eigenvalue weighted by Gasteiger charge is 2.28. The van der Waals surface area contributed by atoms with Crippen molar-refractivity contribution in [3.8, 4) is 0 Å². The SMILES string of the molecule is O=C(CS(=O)(=O)c1ccc(N[C@H](CCN2CCOCC2)CSc2ccccc2)c([N+](=O)[O-])c1)c1cccc(N2CCc3cccc(C(=O)Nc4nc5cccnc5s4)c3C2)n1. The number of nitrogens with zero attached hydrogens (tertiary/aromatic N) is 6. The molecule has 15 nitrogen and oxygen atoms in total. The first-order chi connectivity index (χ1) is 29.6. The van der Waals surface area contributed by atoms with Crippen LogP contribution >= 0.6 is 23.1 Å². The summed E-state index contributed by atoms with van der Waals surface area (Å²) in [6, 6.07) is 27.4. The highest BCUT2D eigenvalue weighted by atomic mass is 32.2. The number of hydrogen-bond acceptors (Lipinski definition) is 15. The smallest absolute Gasteiger partial charge is 0.293 e. The number of thioether (sulfide) groups is 1. The summed E-state index contributed by atoms with van der Waals surface area (Å²) in [6.45, 7) is 4.57. The lowest BCUT2D eigenvalue weighted by atomic mass is 9.94. The first kappa shape index (κ1) is 41.9. The molecule has 0 saturated carbocycles. The van der Waals surface area contributed by atoms with Crippen molar-refractivity contribution < 1.29 is 27.7 Å². The molecule has 2 aliphatic heterocycles. The number of nitro benzene ring substituents is 1. The van der Waals surface area contributed by atoms with Gasteiger partial charge in [0, 0.05) is 67.2 Å². The van der Waals surface area contributed by atoms with Crippen LogP contribution in [0.5, 0.6) is 0 Å². The van der Waals surface area contributed by atoms with Crippen molar-refractivity contribution in [2.45, 2.75) is 35.2 Å². The molecule has 0 aliphatic carbocycles. The molecule has 8 rings (SSSR count). The number of pyridine rings is 2. The van der Waals surface area contributed by atoms with Crippen LogP contribution in [0, 0.1) is 10.1 Å². The number of morpholine rings is 1. The number of nitro groups is 1. The average molecular weight is 879 g/mol. The number of fused-ring (bicyclic) bond motifs is 2. The van der Waals surface area contributed by atoms with Gasteiger partial charge in [-0.15, -0.1) is 11.8 Å². The molecular formula is C43H42N8O7S3. The van der Waals surface area contributed by atoms with E-state index < -0.39 is 32.0 Å². The number of benzene rings is 3. The fraction of sp³-hybridized carbons (Fsp3) is 0.279. The summed E-state index contributed by atoms with van der Waals surface area (Å²) in [7, 11) is -4.32. The lowest BCUT2D eigenvalue weighted by molar-refractivity contribution is -0.384. The Morgan fingerprint density at radius 1 is 0.951 bits per heavy atom. The zero-order chi connectivity index (χ0) is 42.3. The normalized spacial score (nSPS) is 14.9. The summed E-state index contributed by atoms with van der Waals surface area (Å²) in [5.74, 6) is -0.931. The van der Waals surface area contributed by atoms with E-state index in [4.69, 9.17) is 4.74 Å². The molecule has 0 unspecified atom stereocenters. The number of rotatable bonds is 16. The van der Waals surface area contributed by atoms with E-state index in [0.29, 0.717) is 71.8 Å². The number of ketones is 1. The van der Waals surface area contributed by atoms with Gasteiger partial charge in [0.1, 0.15) is 33.3 Å². The first-order valence-corrected chi connectivity index (χ1v) is 23.2. The van der Waals surface area contributed by atoms with Gasteiger partial charge in [-0.3, -0.25) is 29.9 Å². The molecule has 314 valence electrons. The third-order valence-electron chi connectivity index (χ3n) is 10.5. The second-order valence-corrected chi connectivity index (χ2v) is 18.7. The molecule has 61 heavy (non-hydrogen) atoms. The van der Waals surface area contributed by atoms with E-state index in [-0.39, 0.29) is 28.2 Å². The Labute approximate surface area is 360 Å². The zero-order valence-corrected chi connectivity index (χ0v) is 35.4. The van der Waals surface area contributed by atoms with E-state index in [0.717, 1.165) is 41.7 Å². The third-order valence-corrected chi connectivity index (χ3v) is 14.2. The monoisotopic (exact) mass is 878 g/mol. The minimum Gasteiger partial charge on any atom is -0.379 e. The van der Waals surface area contributed by atoms with Gasteiger partial charge in [0.25, 0.3) is 11.6 Å². The van der Waals surface area contributed by atoms with Crippen molar-refractivity contribution in [1.29, 1.82) is 0 Å². The predicted octanol–water partition coefficient (Wildman–Crippen LogP) is 6.76. The number of amides is 1. The van der Waals surface area contributed by atoms with Gasteiger partial charge in [0.2, 0.25) is 0 Å². The molecule has 0 radical (unpaired) electrons. The second kappa shape index (κ2) is 18.9. The van der Waals surface area contributed by atoms with Gasteiger partial charge in [-0.05, 0) is 78.6 Å². The van der Waals surface area contributed by atoms with Crippen molar-refractivity contribution in [3.63, 3.8) is 0 Å². The lowest BCUT2D eigenvalue weighted by Gasteiger charge is -2.31. The summed E-state index contributed by atoms with van der Waals surface area (Å²) in [6.07, 6.45) is 2.98. The van der Waals surface area contributed by atoms with Crippen LogP contribution in [-0.4, -0.2) is 102 Å². The van der Waals surface area contributed by atoms with E-state index in [1.165, 1.54) is 29.5 Å². The van der Waals surface area contributed by atoms with Crippen LogP contribution in [0.1, 0.15) is 38.4 Å². The maximum Gasteiger partial charge on any atom is 0.293 e. The van der Waals surface area contributed by atoms with Crippen molar-refractivity contribution in [2.75, 3.05) is 66.4 Å². The molecule has 3 aromatic heterocycles. The molecule has 2 aliphatic rings. The fourth-order valence-corrected chi connectivity index (χ4v) is 10.4. The molecule has 0 spiro atoms. The van der Waals surface area contributed by atoms with E-state index in [1.807, 2.05) is 53.4 Å². The molecule has 1 fully saturated rings. The van der Waals surface area contributed by atoms with Crippen molar-refractivity contribution in [2.24, 2.45) is 0 Å². The Morgan fingerprint density at radius 2 is 1.77 bits per heavy atom. The van der Waals surface area contributed by atoms with Gasteiger partial charge in [-0.25, -0.2) is 23.4 Å². The maximum absolute atomic E-state index is 13.7. The van der Waals surface area contributed by atoms with Crippen LogP contribution in [0.4, 0.5) is 22.3 Å². The van der Waals surface area contributed by atoms with E-state index in [9.17, 15) is 28.1 Å². The molecule has 0 bridgehead atoms. The van der Waals surface area contributed by atoms with E-state index >= 15 is 0 Å². The average Bonchev–Trinajstić information content (AvgIpc) is 3.69. The summed E-state index contributed by atoms with van der Waals surface area (Å²) in [5, 5.41) is 19.1. The van der Waals surface area contributed by atoms with Gasteiger partial charge in [0.15, 0.2) is 20.8 Å². The summed E-state index contributed by atoms with van der Waals surface area (Å²) >= 11 is 2.92. The number of Topliss-reactive ketones (excluding diaryl/α,β-unsaturated/α-hetero) is 1. The van der Waals surface area contributed by atoms with Crippen molar-refractivity contribution >= 4 is 77.3 Å². The Hall–Kier alpha value is -5.79. The summed E-state index contributed by atoms with van der Waals surface area (Å²) < 4.78 is 32.9. The molecule has 3 aromatic carbocycles. The number of thiazole rings is 1. The number of aromatic nitrogens is 3. The Balaban J connectivity index is 0.950. The van der Waals surface area contributed by atoms with Crippen LogP contribution in [0.15, 0.2) is 113 Å². The van der Waals surface area contributed by atoms with Crippen LogP contribution in [-0.2, 0) is 27.5 Å². The standard InChI is InChI=1S/C43H42N8O7S3/c52-39(36-11-5-13-40(46-36)50-20-16-29-7-4-10-33(34(29)26-50)41(53)48-43-47-37-12-6-18-44-42(37)60-43)28-61(56,57)32-14-15-35(38(25-32)51(54)55)45-30(17-19-49-21-23-58-24-22-49)27-59-31-8-2-1-3-9-31/h1-15,18,25,30,45H,16-17,19-24,26-28H2,(H,47,48,53)/t30-/m1/s1. The van der Waals surface area contributed by atoms with Gasteiger partial charge in [-0.2, -0.15) is 0 Å². The number of sulfone groups is 1. The summed E-state index contributed by atoms with van der Waals surface area (Å²) in [4.78, 5) is 57.9. The molecule has 1 atom stereocenters. The van der Waals surface area contributed by atoms with Crippen LogP contribution < -0.4 is 15.5 Å². The second-order valence-electron chi connectivity index (χ2n) is 14.6. The first-order valence-electron chi connectivity index (χ1n) is 19.7. The highest BCUT2D eigenvalue weighted by molar-refractivity contribution is 7.99. The highest BCUT2D eigenvalue weighted by Crippen LogP contribution is 2.32. The molecule has 6 aromatic rings. The topological polar surface area (TPSA) is 190 Å². The largest absolute Gasteiger partial charge is 0.379 e. The molecular weight excluding hydrogens is 837 g/mol. The fourth-order valence-electron chi connectivity index (χ4n) is 7.33. The summed E-state index contributed by atoms with van der Waals surface area (Å²) in [5.41, 5.74) is 2.74. The Kier molecular flexibility index (Phi) is 13.0. The minimum atomic E-state index is -4.32. The van der Waals surface area contributed by atoms with Crippen LogP contribution in [0.2, 0.25) is 0 Å². The maximum atomic E-state index is 13.7. The van der Waals surface area contributed by atoms with E-state index in [1.54, 1.807) is 42.2 Å². The van der Waals surface area contributed by atoms with Crippen molar-refractivity contribution in [1.82, 2.24) is 19.9 Å². The van der Waals surface area contributed by atoms with E-state index in [2.05, 4.69) is 30.5 Å². The molecule has 1 saturated heterocycles. The van der Waals surface area contributed by atoms with Gasteiger partial charge in [-0.1, -0.05) is 47.7 Å². The van der Waals surface area contributed by atoms with Gasteiger partial charge in [0.05, 0.1) is 23.0 Å². The number of ether oxygens (including phenoxy) is 1. The number of nitrogens with one attached hydrogen (secondary N) is 2. The van der Waals surface area contributed by atoms with Crippen LogP contribution in [0.3, 0.4) is 0 Å². The molecule has 18 heteroatoms. The number of anilines is 3. The van der Waals surface area contributed by atoms with Gasteiger partial charge >= 0.3 is 0 Å². The quantitative estimate of drug-likeness (QED) is 0.0449. The molecule has 5 heterocycles.